The van der Waals surface area contributed by atoms with Crippen molar-refractivity contribution in [1.29, 1.82) is 0 Å². The van der Waals surface area contributed by atoms with E-state index in [1.54, 1.807) is 0 Å². The van der Waals surface area contributed by atoms with E-state index in [0.717, 1.165) is 22.4 Å². The molecule has 0 saturated carbocycles. The highest BCUT2D eigenvalue weighted by molar-refractivity contribution is 9.10. The van der Waals surface area contributed by atoms with E-state index in [1.807, 2.05) is 6.07 Å². The normalized spacial score (nSPS) is 10.7. The Hall–Kier alpha value is -0.930. The van der Waals surface area contributed by atoms with Crippen molar-refractivity contribution in [3.8, 4) is 0 Å². The van der Waals surface area contributed by atoms with E-state index in [4.69, 9.17) is 11.6 Å². The van der Waals surface area contributed by atoms with E-state index in [1.165, 1.54) is 11.1 Å². The van der Waals surface area contributed by atoms with Gasteiger partial charge in [0.05, 0.1) is 10.2 Å². The number of halogens is 2. The summed E-state index contributed by atoms with van der Waals surface area (Å²) in [7, 11) is 0. The van der Waals surface area contributed by atoms with Crippen LogP contribution in [0.25, 0.3) is 0 Å². The molecule has 0 N–H and O–H groups in total. The van der Waals surface area contributed by atoms with Crippen LogP contribution in [-0.4, -0.2) is 9.97 Å². The minimum absolute atomic E-state index is 0.490. The second-order valence-corrected chi connectivity index (χ2v) is 5.36. The Bertz CT molecular complexity index is 570. The highest BCUT2D eigenvalue weighted by Gasteiger charge is 2.09. The lowest BCUT2D eigenvalue weighted by Crippen LogP contribution is -2.02. The predicted octanol–water partition coefficient (Wildman–Crippen LogP) is 4.35. The van der Waals surface area contributed by atoms with E-state index in [-0.39, 0.29) is 0 Å². The Morgan fingerprint density at radius 2 is 2.06 bits per heavy atom. The van der Waals surface area contributed by atoms with Crippen molar-refractivity contribution >= 4 is 27.5 Å². The van der Waals surface area contributed by atoms with Gasteiger partial charge in [-0.3, -0.25) is 0 Å². The number of hydrogen-bond donors (Lipinski definition) is 0. The number of aromatic nitrogens is 2. The molecular formula is C14H14BrClN2. The molecule has 0 aliphatic rings. The van der Waals surface area contributed by atoms with Crippen LogP contribution in [0.3, 0.4) is 0 Å². The molecule has 0 aliphatic carbocycles. The van der Waals surface area contributed by atoms with Crippen molar-refractivity contribution in [2.45, 2.75) is 26.7 Å². The number of rotatable bonds is 3. The second-order valence-electron chi connectivity index (χ2n) is 4.21. The molecule has 0 bridgehead atoms. The molecule has 2 rings (SSSR count). The molecule has 2 nitrogen and oxygen atoms in total. The van der Waals surface area contributed by atoms with Gasteiger partial charge in [-0.05, 0) is 34.8 Å². The van der Waals surface area contributed by atoms with E-state index in [0.29, 0.717) is 11.6 Å². The number of hydrogen-bond acceptors (Lipinski definition) is 2. The maximum absolute atomic E-state index is 6.10. The first-order valence-corrected chi connectivity index (χ1v) is 7.03. The molecule has 18 heavy (non-hydrogen) atoms. The largest absolute Gasteiger partial charge is 0.236 e. The van der Waals surface area contributed by atoms with Crippen molar-refractivity contribution in [2.75, 3.05) is 0 Å². The quantitative estimate of drug-likeness (QED) is 0.784. The van der Waals surface area contributed by atoms with Crippen LogP contribution in [-0.2, 0) is 12.8 Å². The van der Waals surface area contributed by atoms with E-state index < -0.39 is 0 Å². The molecule has 1 heterocycles. The van der Waals surface area contributed by atoms with Crippen LogP contribution in [0.1, 0.15) is 29.6 Å². The maximum atomic E-state index is 6.10. The standard InChI is InChI=1S/C14H14BrClN2/c1-3-11-13(15)14(16)18-12(17-11)8-10-6-4-5-9(2)7-10/h4-7H,3,8H2,1-2H3. The van der Waals surface area contributed by atoms with Gasteiger partial charge < -0.3 is 0 Å². The molecule has 94 valence electrons. The fourth-order valence-electron chi connectivity index (χ4n) is 1.83. The van der Waals surface area contributed by atoms with Crippen LogP contribution >= 0.6 is 27.5 Å². The second kappa shape index (κ2) is 5.81. The van der Waals surface area contributed by atoms with Crippen molar-refractivity contribution < 1.29 is 0 Å². The first-order chi connectivity index (χ1) is 8.60. The third-order valence-corrected chi connectivity index (χ3v) is 4.04. The lowest BCUT2D eigenvalue weighted by Gasteiger charge is -2.07. The smallest absolute Gasteiger partial charge is 0.147 e. The van der Waals surface area contributed by atoms with Gasteiger partial charge in [0.1, 0.15) is 11.0 Å². The molecule has 0 radical (unpaired) electrons. The van der Waals surface area contributed by atoms with Gasteiger partial charge in [-0.15, -0.1) is 0 Å². The van der Waals surface area contributed by atoms with Crippen LogP contribution in [0.5, 0.6) is 0 Å². The number of nitrogens with zero attached hydrogens (tertiary/aromatic N) is 2. The Labute approximate surface area is 121 Å². The number of benzene rings is 1. The Morgan fingerprint density at radius 1 is 1.28 bits per heavy atom. The fourth-order valence-corrected chi connectivity index (χ4v) is 2.49. The molecule has 0 spiro atoms. The lowest BCUT2D eigenvalue weighted by molar-refractivity contribution is 0.896. The summed E-state index contributed by atoms with van der Waals surface area (Å²) in [6.07, 6.45) is 1.55. The fraction of sp³-hybridized carbons (Fsp3) is 0.286. The summed E-state index contributed by atoms with van der Waals surface area (Å²) < 4.78 is 0.805. The van der Waals surface area contributed by atoms with Crippen molar-refractivity contribution in [2.24, 2.45) is 0 Å². The predicted molar refractivity (Wildman–Crippen MR) is 78.1 cm³/mol. The van der Waals surface area contributed by atoms with Crippen molar-refractivity contribution in [3.05, 3.63) is 56.5 Å². The highest BCUT2D eigenvalue weighted by Crippen LogP contribution is 2.24. The van der Waals surface area contributed by atoms with Gasteiger partial charge in [0.25, 0.3) is 0 Å². The van der Waals surface area contributed by atoms with Gasteiger partial charge in [0.2, 0.25) is 0 Å². The Balaban J connectivity index is 2.32. The zero-order valence-corrected chi connectivity index (χ0v) is 12.7. The zero-order chi connectivity index (χ0) is 13.1. The molecule has 0 atom stereocenters. The SMILES string of the molecule is CCc1nc(Cc2cccc(C)c2)nc(Cl)c1Br. The van der Waals surface area contributed by atoms with Gasteiger partial charge in [-0.25, -0.2) is 9.97 Å². The molecule has 0 saturated heterocycles. The first-order valence-electron chi connectivity index (χ1n) is 5.86. The molecule has 4 heteroatoms. The summed E-state index contributed by atoms with van der Waals surface area (Å²) in [4.78, 5) is 8.85. The first kappa shape index (κ1) is 13.5. The van der Waals surface area contributed by atoms with Gasteiger partial charge in [0.15, 0.2) is 0 Å². The van der Waals surface area contributed by atoms with Crippen molar-refractivity contribution in [1.82, 2.24) is 9.97 Å². The van der Waals surface area contributed by atoms with Crippen LogP contribution in [0.4, 0.5) is 0 Å². The third-order valence-electron chi connectivity index (χ3n) is 2.71. The topological polar surface area (TPSA) is 25.8 Å². The average Bonchev–Trinajstić information content (AvgIpc) is 2.33. The van der Waals surface area contributed by atoms with Crippen LogP contribution in [0.15, 0.2) is 28.7 Å². The zero-order valence-electron chi connectivity index (χ0n) is 10.4. The highest BCUT2D eigenvalue weighted by atomic mass is 79.9. The molecule has 2 aromatic rings. The van der Waals surface area contributed by atoms with E-state index in [9.17, 15) is 0 Å². The molecule has 1 aromatic heterocycles. The maximum Gasteiger partial charge on any atom is 0.147 e. The van der Waals surface area contributed by atoms with Gasteiger partial charge >= 0.3 is 0 Å². The Kier molecular flexibility index (Phi) is 4.36. The summed E-state index contributed by atoms with van der Waals surface area (Å²) >= 11 is 9.51. The average molecular weight is 326 g/mol. The van der Waals surface area contributed by atoms with E-state index in [2.05, 4.69) is 57.9 Å². The Morgan fingerprint density at radius 3 is 2.72 bits per heavy atom. The van der Waals surface area contributed by atoms with Crippen LogP contribution in [0.2, 0.25) is 5.15 Å². The lowest BCUT2D eigenvalue weighted by atomic mass is 10.1. The summed E-state index contributed by atoms with van der Waals surface area (Å²) in [5.74, 6) is 0.769. The summed E-state index contributed by atoms with van der Waals surface area (Å²) in [6, 6.07) is 8.35. The molecule has 0 unspecified atom stereocenters. The number of aryl methyl sites for hydroxylation is 2. The minimum atomic E-state index is 0.490. The summed E-state index contributed by atoms with van der Waals surface area (Å²) in [5, 5.41) is 0.490. The van der Waals surface area contributed by atoms with Crippen LogP contribution < -0.4 is 0 Å². The molecule has 1 aromatic carbocycles. The minimum Gasteiger partial charge on any atom is -0.236 e. The van der Waals surface area contributed by atoms with Crippen molar-refractivity contribution in [3.63, 3.8) is 0 Å². The van der Waals surface area contributed by atoms with Crippen LogP contribution in [0, 0.1) is 6.92 Å². The van der Waals surface area contributed by atoms with Gasteiger partial charge in [-0.1, -0.05) is 48.4 Å². The molecular weight excluding hydrogens is 312 g/mol. The van der Waals surface area contributed by atoms with Gasteiger partial charge in [-0.2, -0.15) is 0 Å². The summed E-state index contributed by atoms with van der Waals surface area (Å²) in [6.45, 7) is 4.14. The van der Waals surface area contributed by atoms with E-state index >= 15 is 0 Å². The molecule has 0 aliphatic heterocycles. The van der Waals surface area contributed by atoms with Gasteiger partial charge in [0, 0.05) is 6.42 Å². The molecule has 0 amide bonds. The monoisotopic (exact) mass is 324 g/mol. The third kappa shape index (κ3) is 3.09. The summed E-state index contributed by atoms with van der Waals surface area (Å²) in [5.41, 5.74) is 3.40. The molecule has 0 fully saturated rings.